The van der Waals surface area contributed by atoms with Crippen molar-refractivity contribution in [2.24, 2.45) is 0 Å². The van der Waals surface area contributed by atoms with Gasteiger partial charge in [-0.25, -0.2) is 4.98 Å². The Morgan fingerprint density at radius 2 is 2.15 bits per heavy atom. The molecule has 1 N–H and O–H groups in total. The molecule has 0 radical (unpaired) electrons. The monoisotopic (exact) mass is 269 g/mol. The van der Waals surface area contributed by atoms with E-state index in [1.807, 2.05) is 4.57 Å². The SMILES string of the molecule is CNC(=O)c1cncn1C1CC(C)(C)c2ccccc21. The molecule has 1 atom stereocenters. The van der Waals surface area contributed by atoms with Gasteiger partial charge >= 0.3 is 0 Å². The molecule has 104 valence electrons. The van der Waals surface area contributed by atoms with Gasteiger partial charge < -0.3 is 9.88 Å². The molecule has 0 bridgehead atoms. The normalized spacial score (nSPS) is 19.6. The lowest BCUT2D eigenvalue weighted by Crippen LogP contribution is -2.23. The van der Waals surface area contributed by atoms with Crippen molar-refractivity contribution in [3.8, 4) is 0 Å². The van der Waals surface area contributed by atoms with Crippen LogP contribution in [-0.4, -0.2) is 22.5 Å². The van der Waals surface area contributed by atoms with Crippen molar-refractivity contribution in [3.05, 3.63) is 53.6 Å². The molecule has 1 aliphatic rings. The average Bonchev–Trinajstić information content (AvgIpc) is 3.02. The quantitative estimate of drug-likeness (QED) is 0.910. The van der Waals surface area contributed by atoms with Crippen LogP contribution in [0.4, 0.5) is 0 Å². The zero-order valence-corrected chi connectivity index (χ0v) is 12.1. The molecule has 4 heteroatoms. The van der Waals surface area contributed by atoms with Crippen molar-refractivity contribution < 1.29 is 4.79 Å². The summed E-state index contributed by atoms with van der Waals surface area (Å²) in [6.45, 7) is 4.50. The number of amides is 1. The molecule has 1 aromatic heterocycles. The summed E-state index contributed by atoms with van der Waals surface area (Å²) < 4.78 is 1.99. The van der Waals surface area contributed by atoms with Crippen LogP contribution in [-0.2, 0) is 5.41 Å². The number of imidazole rings is 1. The lowest BCUT2D eigenvalue weighted by Gasteiger charge is -2.20. The van der Waals surface area contributed by atoms with E-state index in [1.54, 1.807) is 19.6 Å². The topological polar surface area (TPSA) is 46.9 Å². The van der Waals surface area contributed by atoms with E-state index >= 15 is 0 Å². The third-order valence-electron chi connectivity index (χ3n) is 4.21. The standard InChI is InChI=1S/C16H19N3O/c1-16(2)8-13(11-6-4-5-7-12(11)16)19-10-18-9-14(19)15(20)17-3/h4-7,9-10,13H,8H2,1-3H3,(H,17,20). The van der Waals surface area contributed by atoms with Crippen molar-refractivity contribution in [2.45, 2.75) is 31.7 Å². The van der Waals surface area contributed by atoms with Gasteiger partial charge in [-0.2, -0.15) is 0 Å². The summed E-state index contributed by atoms with van der Waals surface area (Å²) in [6.07, 6.45) is 4.37. The summed E-state index contributed by atoms with van der Waals surface area (Å²) in [5.74, 6) is -0.0929. The van der Waals surface area contributed by atoms with Crippen LogP contribution in [0.15, 0.2) is 36.8 Å². The number of fused-ring (bicyclic) bond motifs is 1. The first-order valence-corrected chi connectivity index (χ1v) is 6.88. The Morgan fingerprint density at radius 1 is 1.40 bits per heavy atom. The van der Waals surface area contributed by atoms with Crippen LogP contribution in [0.3, 0.4) is 0 Å². The van der Waals surface area contributed by atoms with Crippen molar-refractivity contribution in [1.29, 1.82) is 0 Å². The third kappa shape index (κ3) is 1.83. The summed E-state index contributed by atoms with van der Waals surface area (Å²) in [5, 5.41) is 2.68. The molecule has 4 nitrogen and oxygen atoms in total. The molecule has 0 spiro atoms. The summed E-state index contributed by atoms with van der Waals surface area (Å²) in [7, 11) is 1.65. The minimum absolute atomic E-state index is 0.0929. The Balaban J connectivity index is 2.10. The molecule has 1 aromatic carbocycles. The summed E-state index contributed by atoms with van der Waals surface area (Å²) >= 11 is 0. The number of carbonyl (C=O) groups is 1. The van der Waals surface area contributed by atoms with E-state index in [0.717, 1.165) is 6.42 Å². The zero-order valence-electron chi connectivity index (χ0n) is 12.1. The largest absolute Gasteiger partial charge is 0.354 e. The Bertz CT molecular complexity index is 657. The highest BCUT2D eigenvalue weighted by Crippen LogP contribution is 2.46. The minimum Gasteiger partial charge on any atom is -0.354 e. The fourth-order valence-electron chi connectivity index (χ4n) is 3.21. The fourth-order valence-corrected chi connectivity index (χ4v) is 3.21. The van der Waals surface area contributed by atoms with Gasteiger partial charge in [-0.3, -0.25) is 4.79 Å². The molecule has 0 fully saturated rings. The Hall–Kier alpha value is -2.10. The van der Waals surface area contributed by atoms with E-state index in [0.29, 0.717) is 5.69 Å². The lowest BCUT2D eigenvalue weighted by atomic mass is 9.86. The molecule has 1 amide bonds. The number of aromatic nitrogens is 2. The smallest absolute Gasteiger partial charge is 0.269 e. The van der Waals surface area contributed by atoms with Crippen LogP contribution in [0, 0.1) is 0 Å². The van der Waals surface area contributed by atoms with E-state index in [2.05, 4.69) is 48.4 Å². The van der Waals surface area contributed by atoms with Crippen LogP contribution >= 0.6 is 0 Å². The fraction of sp³-hybridized carbons (Fsp3) is 0.375. The number of nitrogens with zero attached hydrogens (tertiary/aromatic N) is 2. The van der Waals surface area contributed by atoms with Gasteiger partial charge in [-0.15, -0.1) is 0 Å². The molecule has 2 aromatic rings. The molecular weight excluding hydrogens is 250 g/mol. The Labute approximate surface area is 118 Å². The molecule has 1 heterocycles. The summed E-state index contributed by atoms with van der Waals surface area (Å²) in [5.41, 5.74) is 3.39. The predicted molar refractivity (Wildman–Crippen MR) is 77.8 cm³/mol. The van der Waals surface area contributed by atoms with E-state index in [4.69, 9.17) is 0 Å². The van der Waals surface area contributed by atoms with Crippen LogP contribution in [0.1, 0.15) is 47.9 Å². The molecule has 1 aliphatic carbocycles. The number of benzene rings is 1. The van der Waals surface area contributed by atoms with Crippen LogP contribution in [0.5, 0.6) is 0 Å². The summed E-state index contributed by atoms with van der Waals surface area (Å²) in [6, 6.07) is 8.66. The molecule has 0 saturated carbocycles. The predicted octanol–water partition coefficient (Wildman–Crippen LogP) is 2.51. The second-order valence-corrected chi connectivity index (χ2v) is 5.96. The zero-order chi connectivity index (χ0) is 14.3. The van der Waals surface area contributed by atoms with Crippen LogP contribution in [0.2, 0.25) is 0 Å². The van der Waals surface area contributed by atoms with Gasteiger partial charge in [0.2, 0.25) is 0 Å². The van der Waals surface area contributed by atoms with Gasteiger partial charge in [0.15, 0.2) is 0 Å². The number of nitrogens with one attached hydrogen (secondary N) is 1. The first-order valence-electron chi connectivity index (χ1n) is 6.88. The van der Waals surface area contributed by atoms with Crippen molar-refractivity contribution >= 4 is 5.91 Å². The number of carbonyl (C=O) groups excluding carboxylic acids is 1. The molecule has 0 saturated heterocycles. The maximum absolute atomic E-state index is 12.0. The van der Waals surface area contributed by atoms with E-state index in [9.17, 15) is 4.79 Å². The third-order valence-corrected chi connectivity index (χ3v) is 4.21. The van der Waals surface area contributed by atoms with Gasteiger partial charge in [0, 0.05) is 7.05 Å². The van der Waals surface area contributed by atoms with Crippen molar-refractivity contribution in [1.82, 2.24) is 14.9 Å². The second-order valence-electron chi connectivity index (χ2n) is 5.96. The number of rotatable bonds is 2. The van der Waals surface area contributed by atoms with Crippen molar-refractivity contribution in [2.75, 3.05) is 7.05 Å². The van der Waals surface area contributed by atoms with E-state index in [-0.39, 0.29) is 17.4 Å². The highest BCUT2D eigenvalue weighted by Gasteiger charge is 2.38. The Morgan fingerprint density at radius 3 is 2.90 bits per heavy atom. The molecular formula is C16H19N3O. The second kappa shape index (κ2) is 4.47. The molecule has 1 unspecified atom stereocenters. The van der Waals surface area contributed by atoms with Gasteiger partial charge in [0.1, 0.15) is 5.69 Å². The first kappa shape index (κ1) is 12.9. The number of hydrogen-bond donors (Lipinski definition) is 1. The molecule has 0 aliphatic heterocycles. The number of hydrogen-bond acceptors (Lipinski definition) is 2. The van der Waals surface area contributed by atoms with Crippen LogP contribution in [0.25, 0.3) is 0 Å². The van der Waals surface area contributed by atoms with Crippen LogP contribution < -0.4 is 5.32 Å². The van der Waals surface area contributed by atoms with Gasteiger partial charge in [0.05, 0.1) is 18.6 Å². The van der Waals surface area contributed by atoms with Gasteiger partial charge in [-0.1, -0.05) is 38.1 Å². The first-order chi connectivity index (χ1) is 9.54. The van der Waals surface area contributed by atoms with E-state index in [1.165, 1.54) is 11.1 Å². The Kier molecular flexibility index (Phi) is 2.89. The van der Waals surface area contributed by atoms with Crippen molar-refractivity contribution in [3.63, 3.8) is 0 Å². The van der Waals surface area contributed by atoms with Gasteiger partial charge in [0.25, 0.3) is 5.91 Å². The molecule has 20 heavy (non-hydrogen) atoms. The molecule has 3 rings (SSSR count). The minimum atomic E-state index is -0.0929. The average molecular weight is 269 g/mol. The summed E-state index contributed by atoms with van der Waals surface area (Å²) in [4.78, 5) is 16.1. The maximum Gasteiger partial charge on any atom is 0.269 e. The highest BCUT2D eigenvalue weighted by atomic mass is 16.1. The maximum atomic E-state index is 12.0. The lowest BCUT2D eigenvalue weighted by molar-refractivity contribution is 0.0952. The highest BCUT2D eigenvalue weighted by molar-refractivity contribution is 5.92. The van der Waals surface area contributed by atoms with E-state index < -0.39 is 0 Å². The van der Waals surface area contributed by atoms with Gasteiger partial charge in [-0.05, 0) is 23.0 Å².